The van der Waals surface area contributed by atoms with Crippen LogP contribution in [0.5, 0.6) is 5.75 Å². The third kappa shape index (κ3) is 3.70. The van der Waals surface area contributed by atoms with Crippen molar-refractivity contribution in [2.24, 2.45) is 0 Å². The first-order valence-electron chi connectivity index (χ1n) is 5.53. The molecule has 0 unspecified atom stereocenters. The van der Waals surface area contributed by atoms with Crippen LogP contribution >= 0.6 is 0 Å². The third-order valence-corrected chi connectivity index (χ3v) is 2.39. The highest BCUT2D eigenvalue weighted by atomic mass is 16.5. The largest absolute Gasteiger partial charge is 0.489 e. The lowest BCUT2D eigenvalue weighted by molar-refractivity contribution is -0.140. The molecule has 0 amide bonds. The van der Waals surface area contributed by atoms with Crippen LogP contribution in [0.25, 0.3) is 0 Å². The normalized spacial score (nSPS) is 9.75. The highest BCUT2D eigenvalue weighted by Crippen LogP contribution is 2.20. The van der Waals surface area contributed by atoms with Crippen molar-refractivity contribution in [2.75, 3.05) is 39.3 Å². The Balaban J connectivity index is 3.15. The number of methoxy groups -OCH3 is 3. The molecule has 1 N–H and O–H groups in total. The third-order valence-electron chi connectivity index (χ3n) is 2.39. The van der Waals surface area contributed by atoms with Gasteiger partial charge in [-0.05, 0) is 0 Å². The first-order valence-corrected chi connectivity index (χ1v) is 5.53. The van der Waals surface area contributed by atoms with Gasteiger partial charge in [-0.3, -0.25) is 14.4 Å². The highest BCUT2D eigenvalue weighted by Gasteiger charge is 2.22. The second-order valence-electron chi connectivity index (χ2n) is 3.60. The van der Waals surface area contributed by atoms with E-state index in [2.05, 4.69) is 19.4 Å². The van der Waals surface area contributed by atoms with Gasteiger partial charge in [0.1, 0.15) is 13.1 Å². The predicted octanol–water partition coefficient (Wildman–Crippen LogP) is -1.07. The van der Waals surface area contributed by atoms with E-state index in [0.29, 0.717) is 0 Å². The average molecular weight is 285 g/mol. The van der Waals surface area contributed by atoms with Crippen molar-refractivity contribution >= 4 is 17.8 Å². The van der Waals surface area contributed by atoms with E-state index in [1.54, 1.807) is 0 Å². The van der Waals surface area contributed by atoms with Crippen LogP contribution in [-0.4, -0.2) is 56.3 Å². The Morgan fingerprint density at radius 2 is 1.75 bits per heavy atom. The molecule has 0 bridgehead atoms. The molecule has 0 atom stereocenters. The summed E-state index contributed by atoms with van der Waals surface area (Å²) in [6.07, 6.45) is 1.14. The summed E-state index contributed by atoms with van der Waals surface area (Å²) in [6.45, 7) is -0.559. The fourth-order valence-electron chi connectivity index (χ4n) is 1.43. The van der Waals surface area contributed by atoms with Crippen molar-refractivity contribution in [3.05, 3.63) is 16.7 Å². The Kier molecular flexibility index (Phi) is 5.51. The molecule has 0 saturated carbocycles. The van der Waals surface area contributed by atoms with Gasteiger partial charge in [0.15, 0.2) is 5.82 Å². The lowest BCUT2D eigenvalue weighted by Crippen LogP contribution is -2.37. The van der Waals surface area contributed by atoms with Crippen LogP contribution in [0.3, 0.4) is 0 Å². The second-order valence-corrected chi connectivity index (χ2v) is 3.60. The van der Waals surface area contributed by atoms with Gasteiger partial charge < -0.3 is 24.1 Å². The van der Waals surface area contributed by atoms with Gasteiger partial charge in [0.05, 0.1) is 27.7 Å². The van der Waals surface area contributed by atoms with Crippen LogP contribution in [0.2, 0.25) is 0 Å². The number of nitrogens with zero attached hydrogens (tertiary/aromatic N) is 2. The molecule has 1 heterocycles. The first kappa shape index (κ1) is 15.5. The summed E-state index contributed by atoms with van der Waals surface area (Å²) >= 11 is 0. The molecule has 1 rings (SSSR count). The van der Waals surface area contributed by atoms with Crippen molar-refractivity contribution in [3.8, 4) is 5.75 Å². The Labute approximate surface area is 114 Å². The summed E-state index contributed by atoms with van der Waals surface area (Å²) < 4.78 is 14.0. The fraction of sp³-hybridized carbons (Fsp3) is 0.455. The molecule has 1 aromatic rings. The molecule has 0 aliphatic carbocycles. The summed E-state index contributed by atoms with van der Waals surface area (Å²) in [4.78, 5) is 41.8. The number of nitrogens with one attached hydrogen (secondary N) is 1. The molecule has 0 saturated heterocycles. The van der Waals surface area contributed by atoms with Crippen LogP contribution in [0, 0.1) is 0 Å². The molecule has 0 aliphatic heterocycles. The van der Waals surface area contributed by atoms with E-state index in [1.165, 1.54) is 26.2 Å². The Morgan fingerprint density at radius 1 is 1.20 bits per heavy atom. The minimum atomic E-state index is -0.599. The number of hydrogen-bond acceptors (Lipinski definition) is 8. The lowest BCUT2D eigenvalue weighted by Gasteiger charge is -2.22. The number of rotatable bonds is 6. The second kappa shape index (κ2) is 7.12. The molecule has 9 nitrogen and oxygen atoms in total. The molecule has 20 heavy (non-hydrogen) atoms. The van der Waals surface area contributed by atoms with E-state index in [4.69, 9.17) is 4.74 Å². The SMILES string of the molecule is COC(=O)CN(CC(=O)OC)c1nc[nH]c(=O)c1OC. The first-order chi connectivity index (χ1) is 9.53. The van der Waals surface area contributed by atoms with Crippen LogP contribution < -0.4 is 15.2 Å². The van der Waals surface area contributed by atoms with E-state index in [1.807, 2.05) is 0 Å². The molecule has 0 radical (unpaired) electrons. The van der Waals surface area contributed by atoms with Gasteiger partial charge in [0.2, 0.25) is 5.75 Å². The van der Waals surface area contributed by atoms with Gasteiger partial charge in [0.25, 0.3) is 5.56 Å². The molecule has 110 valence electrons. The Bertz CT molecular complexity index is 523. The van der Waals surface area contributed by atoms with E-state index >= 15 is 0 Å². The summed E-state index contributed by atoms with van der Waals surface area (Å²) in [6, 6.07) is 0. The van der Waals surface area contributed by atoms with Crippen molar-refractivity contribution in [2.45, 2.75) is 0 Å². The van der Waals surface area contributed by atoms with Gasteiger partial charge >= 0.3 is 11.9 Å². The zero-order valence-electron chi connectivity index (χ0n) is 11.3. The molecule has 0 aliphatic rings. The number of aromatic nitrogens is 2. The van der Waals surface area contributed by atoms with Gasteiger partial charge in [-0.1, -0.05) is 0 Å². The van der Waals surface area contributed by atoms with E-state index in [9.17, 15) is 14.4 Å². The molecule has 0 aromatic carbocycles. The molecule has 1 aromatic heterocycles. The maximum atomic E-state index is 11.6. The topological polar surface area (TPSA) is 111 Å². The predicted molar refractivity (Wildman–Crippen MR) is 67.7 cm³/mol. The zero-order chi connectivity index (χ0) is 15.1. The molecule has 9 heteroatoms. The van der Waals surface area contributed by atoms with Gasteiger partial charge in [-0.2, -0.15) is 0 Å². The minimum absolute atomic E-state index is 0.0482. The summed E-state index contributed by atoms with van der Waals surface area (Å²) in [5.41, 5.74) is -0.530. The number of hydrogen-bond donors (Lipinski definition) is 1. The smallest absolute Gasteiger partial charge is 0.325 e. The summed E-state index contributed by atoms with van der Waals surface area (Å²) in [7, 11) is 3.70. The Hall–Kier alpha value is -2.58. The summed E-state index contributed by atoms with van der Waals surface area (Å²) in [5, 5.41) is 0. The van der Waals surface area contributed by atoms with Crippen LogP contribution in [0.4, 0.5) is 5.82 Å². The van der Waals surface area contributed by atoms with Gasteiger partial charge in [-0.15, -0.1) is 0 Å². The number of anilines is 1. The number of carbonyl (C=O) groups excluding carboxylic acids is 2. The molecule has 0 fully saturated rings. The number of aromatic amines is 1. The monoisotopic (exact) mass is 285 g/mol. The van der Waals surface area contributed by atoms with Crippen molar-refractivity contribution in [1.29, 1.82) is 0 Å². The average Bonchev–Trinajstić information content (AvgIpc) is 2.45. The molecule has 0 spiro atoms. The quantitative estimate of drug-likeness (QED) is 0.658. The van der Waals surface area contributed by atoms with Crippen molar-refractivity contribution < 1.29 is 23.8 Å². The lowest BCUT2D eigenvalue weighted by atomic mass is 10.4. The Morgan fingerprint density at radius 3 is 2.20 bits per heavy atom. The van der Waals surface area contributed by atoms with Crippen LogP contribution in [0.1, 0.15) is 0 Å². The number of esters is 2. The zero-order valence-corrected chi connectivity index (χ0v) is 11.3. The number of H-pyrrole nitrogens is 1. The molecular formula is C11H15N3O6. The standard InChI is InChI=1S/C11H15N3O6/c1-18-7(15)4-14(5-8(16)19-2)10-9(20-3)11(17)13-6-12-10/h6H,4-5H2,1-3H3,(H,12,13,17). The van der Waals surface area contributed by atoms with E-state index in [0.717, 1.165) is 6.33 Å². The van der Waals surface area contributed by atoms with E-state index in [-0.39, 0.29) is 24.7 Å². The van der Waals surface area contributed by atoms with Gasteiger partial charge in [0, 0.05) is 0 Å². The number of ether oxygens (including phenoxy) is 3. The minimum Gasteiger partial charge on any atom is -0.489 e. The maximum Gasteiger partial charge on any atom is 0.325 e. The molecular weight excluding hydrogens is 270 g/mol. The van der Waals surface area contributed by atoms with Crippen LogP contribution in [-0.2, 0) is 19.1 Å². The maximum absolute atomic E-state index is 11.6. The summed E-state index contributed by atoms with van der Waals surface area (Å²) in [5.74, 6) is -1.26. The number of carbonyl (C=O) groups is 2. The van der Waals surface area contributed by atoms with Crippen LogP contribution in [0.15, 0.2) is 11.1 Å². The van der Waals surface area contributed by atoms with Crippen molar-refractivity contribution in [1.82, 2.24) is 9.97 Å². The fourth-order valence-corrected chi connectivity index (χ4v) is 1.43. The van der Waals surface area contributed by atoms with Crippen molar-refractivity contribution in [3.63, 3.8) is 0 Å². The highest BCUT2D eigenvalue weighted by molar-refractivity contribution is 5.81. The van der Waals surface area contributed by atoms with Gasteiger partial charge in [-0.25, -0.2) is 4.98 Å². The van der Waals surface area contributed by atoms with E-state index < -0.39 is 17.5 Å².